The molecule has 1 atom stereocenters. The molecule has 0 radical (unpaired) electrons. The Morgan fingerprint density at radius 3 is 2.58 bits per heavy atom. The predicted octanol–water partition coefficient (Wildman–Crippen LogP) is 2.50. The van der Waals surface area contributed by atoms with E-state index in [9.17, 15) is 12.8 Å². The highest BCUT2D eigenvalue weighted by molar-refractivity contribution is 7.89. The minimum Gasteiger partial charge on any atom is -0.379 e. The highest BCUT2D eigenvalue weighted by Crippen LogP contribution is 2.20. The normalized spacial score (nSPS) is 18.0. The fourth-order valence-electron chi connectivity index (χ4n) is 2.78. The lowest BCUT2D eigenvalue weighted by atomic mass is 10.0. The smallest absolute Gasteiger partial charge is 0.240 e. The van der Waals surface area contributed by atoms with Gasteiger partial charge in [-0.2, -0.15) is 0 Å². The van der Waals surface area contributed by atoms with Crippen LogP contribution in [0.15, 0.2) is 23.1 Å². The summed E-state index contributed by atoms with van der Waals surface area (Å²) in [5, 5.41) is -0.204. The molecule has 1 aliphatic heterocycles. The largest absolute Gasteiger partial charge is 0.379 e. The lowest BCUT2D eigenvalue weighted by Gasteiger charge is -2.35. The summed E-state index contributed by atoms with van der Waals surface area (Å²) in [6.07, 6.45) is 0.882. The van der Waals surface area contributed by atoms with Crippen LogP contribution in [0.4, 0.5) is 4.39 Å². The maximum absolute atomic E-state index is 13.2. The van der Waals surface area contributed by atoms with Gasteiger partial charge >= 0.3 is 0 Å². The zero-order valence-electron chi connectivity index (χ0n) is 14.0. The topological polar surface area (TPSA) is 58.6 Å². The van der Waals surface area contributed by atoms with Crippen molar-refractivity contribution < 1.29 is 17.5 Å². The number of morpholine rings is 1. The fourth-order valence-corrected chi connectivity index (χ4v) is 4.13. The number of nitrogens with one attached hydrogen (secondary N) is 1. The summed E-state index contributed by atoms with van der Waals surface area (Å²) in [6, 6.07) is 3.51. The first kappa shape index (κ1) is 19.6. The molecule has 5 nitrogen and oxygen atoms in total. The molecule has 0 amide bonds. The molecule has 1 fully saturated rings. The molecule has 0 saturated carbocycles. The van der Waals surface area contributed by atoms with Gasteiger partial charge in [0, 0.05) is 25.7 Å². The van der Waals surface area contributed by atoms with Crippen LogP contribution in [0.5, 0.6) is 0 Å². The second kappa shape index (κ2) is 8.58. The summed E-state index contributed by atoms with van der Waals surface area (Å²) < 4.78 is 46.1. The third-order valence-corrected chi connectivity index (χ3v) is 5.73. The van der Waals surface area contributed by atoms with E-state index in [1.165, 1.54) is 6.07 Å². The number of rotatable bonds is 7. The average Bonchev–Trinajstić information content (AvgIpc) is 2.54. The number of halogens is 2. The summed E-state index contributed by atoms with van der Waals surface area (Å²) in [5.74, 6) is -0.191. The first-order valence-corrected chi connectivity index (χ1v) is 9.92. The average molecular weight is 379 g/mol. The minimum atomic E-state index is -3.73. The summed E-state index contributed by atoms with van der Waals surface area (Å²) >= 11 is 5.68. The molecular formula is C16H24ClFN2O3S. The Balaban J connectivity index is 2.07. The molecule has 1 saturated heterocycles. The Labute approximate surface area is 148 Å². The van der Waals surface area contributed by atoms with E-state index in [-0.39, 0.29) is 16.0 Å². The van der Waals surface area contributed by atoms with E-state index in [0.717, 1.165) is 31.6 Å². The number of nitrogens with zero attached hydrogens (tertiary/aromatic N) is 1. The number of benzene rings is 1. The van der Waals surface area contributed by atoms with E-state index in [4.69, 9.17) is 16.3 Å². The molecule has 2 rings (SSSR count). The van der Waals surface area contributed by atoms with Crippen molar-refractivity contribution in [2.24, 2.45) is 5.92 Å². The Bertz CT molecular complexity index is 649. The maximum atomic E-state index is 13.2. The molecule has 1 heterocycles. The van der Waals surface area contributed by atoms with E-state index >= 15 is 0 Å². The van der Waals surface area contributed by atoms with E-state index < -0.39 is 15.8 Å². The van der Waals surface area contributed by atoms with Crippen LogP contribution in [0.25, 0.3) is 0 Å². The van der Waals surface area contributed by atoms with Gasteiger partial charge in [-0.3, -0.25) is 4.90 Å². The number of ether oxygens (including phenoxy) is 1. The second-order valence-corrected chi connectivity index (χ2v) is 8.53. The second-order valence-electron chi connectivity index (χ2n) is 6.36. The number of hydrogen-bond donors (Lipinski definition) is 1. The van der Waals surface area contributed by atoms with Gasteiger partial charge in [-0.15, -0.1) is 0 Å². The van der Waals surface area contributed by atoms with Crippen molar-refractivity contribution >= 4 is 21.6 Å². The van der Waals surface area contributed by atoms with Crippen LogP contribution in [0, 0.1) is 11.7 Å². The molecule has 1 aromatic rings. The van der Waals surface area contributed by atoms with Crippen LogP contribution in [-0.2, 0) is 14.8 Å². The maximum Gasteiger partial charge on any atom is 0.240 e. The van der Waals surface area contributed by atoms with Crippen molar-refractivity contribution in [3.05, 3.63) is 29.0 Å². The van der Waals surface area contributed by atoms with Gasteiger partial charge in [-0.25, -0.2) is 17.5 Å². The van der Waals surface area contributed by atoms with Gasteiger partial charge in [-0.05, 0) is 30.5 Å². The standard InChI is InChI=1S/C16H24ClFN2O3S/c1-12(2)9-13(20-5-7-23-8-6-20)11-19-24(21,22)14-3-4-16(18)15(17)10-14/h3-4,10,12-13,19H,5-9,11H2,1-2H3. The Hall–Kier alpha value is -0.730. The van der Waals surface area contributed by atoms with Crippen molar-refractivity contribution in [2.45, 2.75) is 31.2 Å². The van der Waals surface area contributed by atoms with Crippen LogP contribution in [0.1, 0.15) is 20.3 Å². The highest BCUT2D eigenvalue weighted by Gasteiger charge is 2.24. The van der Waals surface area contributed by atoms with Crippen LogP contribution < -0.4 is 4.72 Å². The first-order valence-electron chi connectivity index (χ1n) is 8.06. The molecule has 0 spiro atoms. The Kier molecular flexibility index (Phi) is 7.00. The summed E-state index contributed by atoms with van der Waals surface area (Å²) in [6.45, 7) is 7.44. The van der Waals surface area contributed by atoms with Gasteiger partial charge < -0.3 is 4.74 Å². The van der Waals surface area contributed by atoms with Gasteiger partial charge in [0.15, 0.2) is 0 Å². The summed E-state index contributed by atoms with van der Waals surface area (Å²) in [5.41, 5.74) is 0. The Morgan fingerprint density at radius 1 is 1.33 bits per heavy atom. The molecule has 136 valence electrons. The predicted molar refractivity (Wildman–Crippen MR) is 92.2 cm³/mol. The molecule has 0 aromatic heterocycles. The van der Waals surface area contributed by atoms with Gasteiger partial charge in [0.05, 0.1) is 23.1 Å². The van der Waals surface area contributed by atoms with Gasteiger partial charge in [0.1, 0.15) is 5.82 Å². The Morgan fingerprint density at radius 2 is 2.00 bits per heavy atom. The zero-order valence-corrected chi connectivity index (χ0v) is 15.5. The molecular weight excluding hydrogens is 355 g/mol. The van der Waals surface area contributed by atoms with Crippen molar-refractivity contribution in [1.29, 1.82) is 0 Å². The molecule has 1 unspecified atom stereocenters. The van der Waals surface area contributed by atoms with Crippen LogP contribution >= 0.6 is 11.6 Å². The summed E-state index contributed by atoms with van der Waals surface area (Å²) in [7, 11) is -3.73. The quantitative estimate of drug-likeness (QED) is 0.792. The van der Waals surface area contributed by atoms with Gasteiger partial charge in [0.25, 0.3) is 0 Å². The lowest BCUT2D eigenvalue weighted by molar-refractivity contribution is 0.0134. The fraction of sp³-hybridized carbons (Fsp3) is 0.625. The lowest BCUT2D eigenvalue weighted by Crippen LogP contribution is -2.49. The first-order chi connectivity index (χ1) is 11.3. The highest BCUT2D eigenvalue weighted by atomic mass is 35.5. The van der Waals surface area contributed by atoms with Crippen LogP contribution in [-0.4, -0.2) is 52.2 Å². The van der Waals surface area contributed by atoms with E-state index in [0.29, 0.717) is 25.7 Å². The SMILES string of the molecule is CC(C)CC(CNS(=O)(=O)c1ccc(F)c(Cl)c1)N1CCOCC1. The molecule has 1 aromatic carbocycles. The third-order valence-electron chi connectivity index (χ3n) is 4.02. The molecule has 0 bridgehead atoms. The van der Waals surface area contributed by atoms with Crippen molar-refractivity contribution in [1.82, 2.24) is 9.62 Å². The van der Waals surface area contributed by atoms with Crippen LogP contribution in [0.3, 0.4) is 0 Å². The molecule has 8 heteroatoms. The van der Waals surface area contributed by atoms with E-state index in [1.807, 2.05) is 0 Å². The van der Waals surface area contributed by atoms with Gasteiger partial charge in [-0.1, -0.05) is 25.4 Å². The number of sulfonamides is 1. The third kappa shape index (κ3) is 5.39. The molecule has 1 N–H and O–H groups in total. The monoisotopic (exact) mass is 378 g/mol. The molecule has 0 aliphatic carbocycles. The number of hydrogen-bond acceptors (Lipinski definition) is 4. The van der Waals surface area contributed by atoms with Gasteiger partial charge in [0.2, 0.25) is 10.0 Å². The van der Waals surface area contributed by atoms with Crippen molar-refractivity contribution in [3.8, 4) is 0 Å². The van der Waals surface area contributed by atoms with E-state index in [2.05, 4.69) is 23.5 Å². The minimum absolute atomic E-state index is 0.0285. The summed E-state index contributed by atoms with van der Waals surface area (Å²) in [4.78, 5) is 2.23. The molecule has 1 aliphatic rings. The van der Waals surface area contributed by atoms with Crippen molar-refractivity contribution in [2.75, 3.05) is 32.8 Å². The molecule has 24 heavy (non-hydrogen) atoms. The zero-order chi connectivity index (χ0) is 17.7. The van der Waals surface area contributed by atoms with Crippen LogP contribution in [0.2, 0.25) is 5.02 Å². The van der Waals surface area contributed by atoms with E-state index in [1.54, 1.807) is 0 Å². The van der Waals surface area contributed by atoms with Crippen molar-refractivity contribution in [3.63, 3.8) is 0 Å².